The molecule has 2 N–H and O–H groups in total. The van der Waals surface area contributed by atoms with Gasteiger partial charge in [0.15, 0.2) is 0 Å². The van der Waals surface area contributed by atoms with Crippen LogP contribution in [0, 0.1) is 11.8 Å². The maximum atomic E-state index is 12.1. The van der Waals surface area contributed by atoms with Gasteiger partial charge in [0, 0.05) is 6.42 Å². The number of nitrogens with one attached hydrogen (secondary N) is 2. The summed E-state index contributed by atoms with van der Waals surface area (Å²) in [6.07, 6.45) is 3.18. The molecular formula is C24H38N2O5. The highest BCUT2D eigenvalue weighted by Crippen LogP contribution is 2.24. The van der Waals surface area contributed by atoms with Gasteiger partial charge in [-0.3, -0.25) is 0 Å². The largest absolute Gasteiger partial charge is 0.494 e. The third-order valence-corrected chi connectivity index (χ3v) is 5.57. The minimum Gasteiger partial charge on any atom is -0.494 e. The zero-order valence-electron chi connectivity index (χ0n) is 19.5. The van der Waals surface area contributed by atoms with E-state index in [1.165, 1.54) is 20.0 Å². The molecule has 0 bridgehead atoms. The highest BCUT2D eigenvalue weighted by Gasteiger charge is 2.25. The third-order valence-electron chi connectivity index (χ3n) is 5.57. The third kappa shape index (κ3) is 9.17. The Morgan fingerprint density at radius 2 is 1.81 bits per heavy atom. The van der Waals surface area contributed by atoms with Gasteiger partial charge >= 0.3 is 12.1 Å². The van der Waals surface area contributed by atoms with Gasteiger partial charge in [0.1, 0.15) is 17.4 Å². The number of ether oxygens (including phenoxy) is 3. The minimum atomic E-state index is -0.822. The van der Waals surface area contributed by atoms with Crippen LogP contribution < -0.4 is 15.4 Å². The summed E-state index contributed by atoms with van der Waals surface area (Å²) >= 11 is 0. The summed E-state index contributed by atoms with van der Waals surface area (Å²) in [5.41, 5.74) is 0.247. The molecule has 0 unspecified atom stereocenters. The molecule has 0 radical (unpaired) electrons. The predicted molar refractivity (Wildman–Crippen MR) is 120 cm³/mol. The fourth-order valence-corrected chi connectivity index (χ4v) is 3.75. The van der Waals surface area contributed by atoms with Crippen molar-refractivity contribution < 1.29 is 23.8 Å². The van der Waals surface area contributed by atoms with Crippen molar-refractivity contribution in [2.75, 3.05) is 26.8 Å². The van der Waals surface area contributed by atoms with Gasteiger partial charge in [-0.1, -0.05) is 19.1 Å². The molecule has 1 heterocycles. The minimum absolute atomic E-state index is 0.305. The fourth-order valence-electron chi connectivity index (χ4n) is 3.75. The maximum Gasteiger partial charge on any atom is 0.408 e. The molecular weight excluding hydrogens is 396 g/mol. The van der Waals surface area contributed by atoms with E-state index < -0.39 is 23.7 Å². The number of esters is 1. The molecule has 0 saturated carbocycles. The molecule has 7 heteroatoms. The van der Waals surface area contributed by atoms with Gasteiger partial charge < -0.3 is 24.8 Å². The van der Waals surface area contributed by atoms with E-state index in [4.69, 9.17) is 14.2 Å². The number of hydrogen-bond donors (Lipinski definition) is 2. The summed E-state index contributed by atoms with van der Waals surface area (Å²) in [7, 11) is 1.30. The van der Waals surface area contributed by atoms with Crippen molar-refractivity contribution in [1.82, 2.24) is 10.6 Å². The summed E-state index contributed by atoms with van der Waals surface area (Å²) in [5.74, 6) is 1.72. The maximum absolute atomic E-state index is 12.1. The molecule has 0 spiro atoms. The van der Waals surface area contributed by atoms with Crippen molar-refractivity contribution in [3.63, 3.8) is 0 Å². The summed E-state index contributed by atoms with van der Waals surface area (Å²) in [4.78, 5) is 24.2. The number of piperidine rings is 1. The van der Waals surface area contributed by atoms with Gasteiger partial charge in [0.05, 0.1) is 13.7 Å². The molecule has 1 fully saturated rings. The van der Waals surface area contributed by atoms with Crippen molar-refractivity contribution in [2.24, 2.45) is 11.8 Å². The lowest BCUT2D eigenvalue weighted by molar-refractivity contribution is -0.143. The van der Waals surface area contributed by atoms with Crippen LogP contribution in [0.2, 0.25) is 0 Å². The monoisotopic (exact) mass is 434 g/mol. The average Bonchev–Trinajstić information content (AvgIpc) is 2.73. The Bertz CT molecular complexity index is 693. The van der Waals surface area contributed by atoms with E-state index in [1.54, 1.807) is 20.8 Å². The van der Waals surface area contributed by atoms with Gasteiger partial charge in [0.25, 0.3) is 0 Å². The number of alkyl carbamates (subject to hydrolysis) is 1. The Balaban J connectivity index is 1.84. The lowest BCUT2D eigenvalue weighted by atomic mass is 9.84. The second kappa shape index (κ2) is 11.9. The van der Waals surface area contributed by atoms with E-state index in [-0.39, 0.29) is 0 Å². The summed E-state index contributed by atoms with van der Waals surface area (Å²) in [5, 5.41) is 6.00. The normalized spacial score (nSPS) is 16.8. The van der Waals surface area contributed by atoms with Crippen molar-refractivity contribution >= 4 is 12.1 Å². The number of benzene rings is 1. The van der Waals surface area contributed by atoms with E-state index in [2.05, 4.69) is 17.6 Å². The van der Waals surface area contributed by atoms with Crippen LogP contribution in [0.25, 0.3) is 0 Å². The molecule has 1 aromatic carbocycles. The highest BCUT2D eigenvalue weighted by atomic mass is 16.6. The second-order valence-corrected chi connectivity index (χ2v) is 9.27. The van der Waals surface area contributed by atoms with Crippen LogP contribution in [0.5, 0.6) is 5.75 Å². The van der Waals surface area contributed by atoms with Crippen molar-refractivity contribution in [3.8, 4) is 5.75 Å². The van der Waals surface area contributed by atoms with E-state index in [0.717, 1.165) is 36.7 Å². The molecule has 1 aromatic rings. The highest BCUT2D eigenvalue weighted by molar-refractivity contribution is 5.81. The van der Waals surface area contributed by atoms with Crippen molar-refractivity contribution in [2.45, 2.75) is 65.0 Å². The Labute approximate surface area is 186 Å². The van der Waals surface area contributed by atoms with Gasteiger partial charge in [0.2, 0.25) is 0 Å². The van der Waals surface area contributed by atoms with Crippen LogP contribution >= 0.6 is 0 Å². The van der Waals surface area contributed by atoms with Crippen LogP contribution in [0.1, 0.15) is 52.5 Å². The lowest BCUT2D eigenvalue weighted by Crippen LogP contribution is -2.45. The van der Waals surface area contributed by atoms with Crippen LogP contribution in [0.4, 0.5) is 4.79 Å². The van der Waals surface area contributed by atoms with E-state index in [1.807, 2.05) is 24.3 Å². The molecule has 174 valence electrons. The standard InChI is InChI=1S/C24H38N2O5/c1-17(19-10-13-25-14-11-19)12-15-30-20-8-6-18(7-9-20)16-21(22(27)29-5)26-23(28)31-24(2,3)4/h6-9,17,19,21,25H,10-16H2,1-5H3,(H,26,28)/t17-,21+/m1/s1. The van der Waals surface area contributed by atoms with E-state index >= 15 is 0 Å². The molecule has 2 rings (SSSR count). The number of carbonyl (C=O) groups is 2. The first-order valence-corrected chi connectivity index (χ1v) is 11.2. The first-order valence-electron chi connectivity index (χ1n) is 11.2. The van der Waals surface area contributed by atoms with Crippen molar-refractivity contribution in [1.29, 1.82) is 0 Å². The Hall–Kier alpha value is -2.28. The smallest absolute Gasteiger partial charge is 0.408 e. The summed E-state index contributed by atoms with van der Waals surface area (Å²) < 4.78 is 16.0. The number of hydrogen-bond acceptors (Lipinski definition) is 6. The first kappa shape index (κ1) is 25.0. The molecule has 2 atom stereocenters. The quantitative estimate of drug-likeness (QED) is 0.577. The molecule has 1 amide bonds. The lowest BCUT2D eigenvalue weighted by Gasteiger charge is -2.28. The Morgan fingerprint density at radius 3 is 2.39 bits per heavy atom. The number of methoxy groups -OCH3 is 1. The van der Waals surface area contributed by atoms with Gasteiger partial charge in [-0.15, -0.1) is 0 Å². The zero-order valence-corrected chi connectivity index (χ0v) is 19.5. The molecule has 1 aliphatic heterocycles. The second-order valence-electron chi connectivity index (χ2n) is 9.27. The molecule has 1 aliphatic rings. The van der Waals surface area contributed by atoms with Crippen LogP contribution in [0.3, 0.4) is 0 Å². The fraction of sp³-hybridized carbons (Fsp3) is 0.667. The number of amides is 1. The number of carbonyl (C=O) groups excluding carboxylic acids is 2. The Kier molecular flexibility index (Phi) is 9.62. The molecule has 0 aliphatic carbocycles. The molecule has 1 saturated heterocycles. The molecule has 0 aromatic heterocycles. The zero-order chi connectivity index (χ0) is 22.9. The SMILES string of the molecule is COC(=O)[C@H](Cc1ccc(OCC[C@@H](C)C2CCNCC2)cc1)NC(=O)OC(C)(C)C. The first-order chi connectivity index (χ1) is 14.7. The molecule has 7 nitrogen and oxygen atoms in total. The Morgan fingerprint density at radius 1 is 1.16 bits per heavy atom. The average molecular weight is 435 g/mol. The van der Waals surface area contributed by atoms with Crippen LogP contribution in [-0.2, 0) is 20.7 Å². The van der Waals surface area contributed by atoms with E-state index in [9.17, 15) is 9.59 Å². The topological polar surface area (TPSA) is 85.9 Å². The predicted octanol–water partition coefficient (Wildman–Crippen LogP) is 3.70. The summed E-state index contributed by atoms with van der Waals surface area (Å²) in [6.45, 7) is 10.5. The summed E-state index contributed by atoms with van der Waals surface area (Å²) in [6, 6.07) is 6.77. The van der Waals surface area contributed by atoms with Crippen molar-refractivity contribution in [3.05, 3.63) is 29.8 Å². The number of rotatable bonds is 9. The van der Waals surface area contributed by atoms with Gasteiger partial charge in [-0.2, -0.15) is 0 Å². The van der Waals surface area contributed by atoms with Crippen LogP contribution in [-0.4, -0.2) is 50.5 Å². The van der Waals surface area contributed by atoms with E-state index in [0.29, 0.717) is 18.9 Å². The van der Waals surface area contributed by atoms with Crippen LogP contribution in [0.15, 0.2) is 24.3 Å². The van der Waals surface area contributed by atoms with Gasteiger partial charge in [-0.05, 0) is 82.7 Å². The molecule has 31 heavy (non-hydrogen) atoms. The van der Waals surface area contributed by atoms with Gasteiger partial charge in [-0.25, -0.2) is 9.59 Å².